The molecule has 2 aromatic carbocycles. The van der Waals surface area contributed by atoms with Crippen molar-refractivity contribution in [3.8, 4) is 5.75 Å². The third-order valence-corrected chi connectivity index (χ3v) is 4.96. The molecule has 1 N–H and O–H groups in total. The van der Waals surface area contributed by atoms with Crippen molar-refractivity contribution in [2.75, 3.05) is 5.75 Å². The van der Waals surface area contributed by atoms with Gasteiger partial charge in [0.2, 0.25) is 5.17 Å². The van der Waals surface area contributed by atoms with Crippen LogP contribution in [0.15, 0.2) is 72.9 Å². The number of para-hydroxylation sites is 1. The molecule has 0 saturated carbocycles. The number of fused-ring (bicyclic) bond motifs is 1. The van der Waals surface area contributed by atoms with Crippen molar-refractivity contribution in [2.45, 2.75) is 0 Å². The van der Waals surface area contributed by atoms with Crippen molar-refractivity contribution in [2.24, 2.45) is 15.2 Å². The Balaban J connectivity index is 1.63. The van der Waals surface area contributed by atoms with Gasteiger partial charge in [-0.1, -0.05) is 47.6 Å². The van der Waals surface area contributed by atoms with Crippen LogP contribution in [-0.4, -0.2) is 28.0 Å². The van der Waals surface area contributed by atoms with Gasteiger partial charge in [0.1, 0.15) is 16.9 Å². The molecule has 1 aromatic heterocycles. The Morgan fingerprint density at radius 2 is 1.96 bits per heavy atom. The molecule has 0 fully saturated rings. The van der Waals surface area contributed by atoms with Crippen molar-refractivity contribution < 1.29 is 9.52 Å². The number of benzene rings is 2. The normalized spacial score (nSPS) is 15.7. The van der Waals surface area contributed by atoms with E-state index < -0.39 is 5.63 Å². The number of aromatic hydroxyl groups is 1. The molecule has 0 atom stereocenters. The second-order valence-corrected chi connectivity index (χ2v) is 7.01. The van der Waals surface area contributed by atoms with E-state index in [2.05, 4.69) is 15.2 Å². The minimum absolute atomic E-state index is 0.0630. The van der Waals surface area contributed by atoms with Crippen LogP contribution in [0.5, 0.6) is 5.75 Å². The van der Waals surface area contributed by atoms with Gasteiger partial charge in [-0.2, -0.15) is 5.10 Å². The minimum Gasteiger partial charge on any atom is -0.506 e. The molecule has 27 heavy (non-hydrogen) atoms. The van der Waals surface area contributed by atoms with Gasteiger partial charge in [0.15, 0.2) is 0 Å². The van der Waals surface area contributed by atoms with Crippen molar-refractivity contribution in [3.63, 3.8) is 0 Å². The molecule has 2 heterocycles. The van der Waals surface area contributed by atoms with Crippen molar-refractivity contribution in [1.29, 1.82) is 0 Å². The predicted octanol–water partition coefficient (Wildman–Crippen LogP) is 4.08. The lowest BCUT2D eigenvalue weighted by Crippen LogP contribution is -2.15. The molecule has 0 amide bonds. The van der Waals surface area contributed by atoms with Gasteiger partial charge < -0.3 is 9.52 Å². The van der Waals surface area contributed by atoms with E-state index in [1.807, 2.05) is 12.1 Å². The Hall–Kier alpha value is -2.90. The zero-order chi connectivity index (χ0) is 18.8. The summed E-state index contributed by atoms with van der Waals surface area (Å²) in [4.78, 5) is 16.6. The summed E-state index contributed by atoms with van der Waals surface area (Å²) in [6.45, 7) is 0. The molecule has 0 radical (unpaired) electrons. The van der Waals surface area contributed by atoms with Crippen LogP contribution < -0.4 is 5.63 Å². The molecule has 3 aromatic rings. The van der Waals surface area contributed by atoms with Gasteiger partial charge in [-0.3, -0.25) is 0 Å². The first-order chi connectivity index (χ1) is 13.1. The average molecular weight is 398 g/mol. The number of aliphatic imine (C=N–C) groups is 1. The monoisotopic (exact) mass is 397 g/mol. The van der Waals surface area contributed by atoms with Crippen molar-refractivity contribution in [1.82, 2.24) is 0 Å². The standard InChI is InChI=1S/C19H12ClN3O3S/c20-12-7-5-11(6-8-12)9-21-23-19-22-14(10-27-19)16-17(24)13-3-1-2-4-15(13)26-18(16)25/h1-9,24H,10H2. The van der Waals surface area contributed by atoms with Gasteiger partial charge in [0, 0.05) is 10.8 Å². The smallest absolute Gasteiger partial charge is 0.349 e. The fourth-order valence-corrected chi connectivity index (χ4v) is 3.45. The van der Waals surface area contributed by atoms with Crippen LogP contribution in [0.1, 0.15) is 11.1 Å². The van der Waals surface area contributed by atoms with Crippen molar-refractivity contribution >= 4 is 51.4 Å². The molecule has 0 saturated heterocycles. The van der Waals surface area contributed by atoms with E-state index in [0.717, 1.165) is 5.56 Å². The summed E-state index contributed by atoms with van der Waals surface area (Å²) < 4.78 is 5.28. The molecule has 1 aliphatic heterocycles. The highest BCUT2D eigenvalue weighted by molar-refractivity contribution is 8.15. The second-order valence-electron chi connectivity index (χ2n) is 5.64. The van der Waals surface area contributed by atoms with E-state index in [1.165, 1.54) is 11.8 Å². The lowest BCUT2D eigenvalue weighted by atomic mass is 10.1. The van der Waals surface area contributed by atoms with Crippen LogP contribution in [0.25, 0.3) is 11.0 Å². The first kappa shape index (κ1) is 17.5. The van der Waals surface area contributed by atoms with Gasteiger partial charge >= 0.3 is 5.63 Å². The summed E-state index contributed by atoms with van der Waals surface area (Å²) in [5.74, 6) is 0.262. The van der Waals surface area contributed by atoms with Crippen LogP contribution in [0.4, 0.5) is 0 Å². The van der Waals surface area contributed by atoms with Gasteiger partial charge in [-0.15, -0.1) is 5.10 Å². The van der Waals surface area contributed by atoms with E-state index >= 15 is 0 Å². The number of halogens is 1. The molecule has 8 heteroatoms. The molecule has 0 aliphatic carbocycles. The minimum atomic E-state index is -0.628. The average Bonchev–Trinajstić information content (AvgIpc) is 3.12. The van der Waals surface area contributed by atoms with Gasteiger partial charge in [0.05, 0.1) is 17.3 Å². The van der Waals surface area contributed by atoms with E-state index in [4.69, 9.17) is 16.0 Å². The zero-order valence-corrected chi connectivity index (χ0v) is 15.4. The molecule has 134 valence electrons. The molecule has 6 nitrogen and oxygen atoms in total. The molecule has 0 spiro atoms. The maximum absolute atomic E-state index is 12.3. The Morgan fingerprint density at radius 1 is 1.19 bits per heavy atom. The second kappa shape index (κ2) is 7.38. The van der Waals surface area contributed by atoms with Crippen LogP contribution in [0, 0.1) is 0 Å². The SMILES string of the molecule is O=c1oc2ccccc2c(O)c1C1=NC(=NN=Cc2ccc(Cl)cc2)SC1. The first-order valence-corrected chi connectivity index (χ1v) is 9.30. The van der Waals surface area contributed by atoms with Crippen LogP contribution in [-0.2, 0) is 0 Å². The maximum atomic E-state index is 12.3. The van der Waals surface area contributed by atoms with Crippen LogP contribution in [0.3, 0.4) is 0 Å². The Morgan fingerprint density at radius 3 is 2.78 bits per heavy atom. The van der Waals surface area contributed by atoms with Gasteiger partial charge in [-0.25, -0.2) is 9.79 Å². The highest BCUT2D eigenvalue weighted by atomic mass is 35.5. The largest absolute Gasteiger partial charge is 0.506 e. The fraction of sp³-hybridized carbons (Fsp3) is 0.0526. The summed E-state index contributed by atoms with van der Waals surface area (Å²) >= 11 is 7.16. The number of rotatable bonds is 3. The van der Waals surface area contributed by atoms with E-state index in [-0.39, 0.29) is 11.3 Å². The molecular formula is C19H12ClN3O3S. The number of nitrogens with zero attached hydrogens (tertiary/aromatic N) is 3. The van der Waals surface area contributed by atoms with Crippen molar-refractivity contribution in [3.05, 3.63) is 75.1 Å². The fourth-order valence-electron chi connectivity index (χ4n) is 2.57. The number of hydrogen-bond donors (Lipinski definition) is 1. The van der Waals surface area contributed by atoms with Gasteiger partial charge in [0.25, 0.3) is 0 Å². The first-order valence-electron chi connectivity index (χ1n) is 7.94. The summed E-state index contributed by atoms with van der Waals surface area (Å²) in [7, 11) is 0. The molecular weight excluding hydrogens is 386 g/mol. The summed E-state index contributed by atoms with van der Waals surface area (Å²) in [6, 6.07) is 14.0. The highest BCUT2D eigenvalue weighted by Crippen LogP contribution is 2.29. The molecule has 1 aliphatic rings. The Kier molecular flexibility index (Phi) is 4.79. The number of amidine groups is 1. The summed E-state index contributed by atoms with van der Waals surface area (Å²) in [6.07, 6.45) is 1.58. The lowest BCUT2D eigenvalue weighted by Gasteiger charge is -2.04. The van der Waals surface area contributed by atoms with E-state index in [9.17, 15) is 9.90 Å². The number of thioether (sulfide) groups is 1. The predicted molar refractivity (Wildman–Crippen MR) is 110 cm³/mol. The topological polar surface area (TPSA) is 87.5 Å². The third-order valence-electron chi connectivity index (χ3n) is 3.86. The van der Waals surface area contributed by atoms with E-state index in [1.54, 1.807) is 42.6 Å². The molecule has 0 unspecified atom stereocenters. The lowest BCUT2D eigenvalue weighted by molar-refractivity contribution is 0.466. The van der Waals surface area contributed by atoms with Gasteiger partial charge in [-0.05, 0) is 29.8 Å². The summed E-state index contributed by atoms with van der Waals surface area (Å²) in [5, 5.41) is 20.1. The molecule has 0 bridgehead atoms. The molecule has 4 rings (SSSR count). The third kappa shape index (κ3) is 3.65. The van der Waals surface area contributed by atoms with Crippen LogP contribution in [0.2, 0.25) is 5.02 Å². The quantitative estimate of drug-likeness (QED) is 0.410. The maximum Gasteiger partial charge on any atom is 0.349 e. The van der Waals surface area contributed by atoms with E-state index in [0.29, 0.717) is 32.6 Å². The number of hydrogen-bond acceptors (Lipinski definition) is 6. The van der Waals surface area contributed by atoms with Crippen LogP contribution >= 0.6 is 23.4 Å². The zero-order valence-electron chi connectivity index (χ0n) is 13.8. The Bertz CT molecular complexity index is 1170. The summed E-state index contributed by atoms with van der Waals surface area (Å²) in [5.41, 5.74) is 1.03. The highest BCUT2D eigenvalue weighted by Gasteiger charge is 2.24. The Labute approximate surface area is 162 Å².